The van der Waals surface area contributed by atoms with Crippen LogP contribution in [-0.4, -0.2) is 34.5 Å². The minimum absolute atomic E-state index is 0.855. The smallest absolute Gasteiger partial charge is 0.0980 e. The van der Waals surface area contributed by atoms with Crippen LogP contribution >= 0.6 is 0 Å². The average Bonchev–Trinajstić information content (AvgIpc) is 1.44. The van der Waals surface area contributed by atoms with Gasteiger partial charge in [0.25, 0.3) is 0 Å². The third-order valence-corrected chi connectivity index (χ3v) is 21.6. The van der Waals surface area contributed by atoms with E-state index < -0.39 is 0 Å². The van der Waals surface area contributed by atoms with Gasteiger partial charge in [-0.05, 0) is 121 Å². The lowest BCUT2D eigenvalue weighted by atomic mass is 9.91. The summed E-state index contributed by atoms with van der Waals surface area (Å²) in [7, 11) is 0. The van der Waals surface area contributed by atoms with Crippen LogP contribution in [0.15, 0.2) is 382 Å². The van der Waals surface area contributed by atoms with Crippen molar-refractivity contribution >= 4 is 120 Å². The van der Waals surface area contributed by atoms with E-state index in [4.69, 9.17) is 29.9 Å². The Morgan fingerprint density at radius 1 is 0.156 bits per heavy atom. The summed E-state index contributed by atoms with van der Waals surface area (Å²) in [4.78, 5) is 32.1. The summed E-state index contributed by atoms with van der Waals surface area (Å²) in [5.41, 5.74) is 25.1. The van der Waals surface area contributed by atoms with Crippen molar-refractivity contribution in [1.82, 2.24) is 34.5 Å². The first kappa shape index (κ1) is 62.9. The maximum Gasteiger partial charge on any atom is 0.0980 e. The molecule has 22 aromatic rings. The Labute approximate surface area is 627 Å². The van der Waals surface area contributed by atoms with E-state index >= 15 is 0 Å². The van der Waals surface area contributed by atoms with Gasteiger partial charge in [0.05, 0.1) is 78.3 Å². The van der Waals surface area contributed by atoms with E-state index in [9.17, 15) is 0 Å². The van der Waals surface area contributed by atoms with Crippen molar-refractivity contribution in [2.75, 3.05) is 0 Å². The second kappa shape index (κ2) is 26.2. The molecular formula is C102H63N7. The lowest BCUT2D eigenvalue weighted by Gasteiger charge is -2.15. The standard InChI is InChI=1S/C51H32N4.C51H31N3/c1-3-13-35(14-4-1)49-50(36-15-5-2-6-16-36)54-51-44(53-49)32-31-42-47(51)41-19-7-10-20-43(41)52-48(42)37-25-23-33(24-26-37)34-27-29-38(30-28-34)55-45-21-11-8-17-39(45)40-18-9-12-22-46(40)55;1-3-13-33(14-4-1)49-50(34-15-5-2-6-16-34)54-51-46(53-49)30-29-43-47(51)42-21-11-12-22-45(42)52-48(43)35-25-23-32(24-26-35)36-27-28-41-39-19-8-7-17-37(39)38-18-9-10-20-40(38)44(41)31-36/h1-32H;1-31H. The summed E-state index contributed by atoms with van der Waals surface area (Å²) in [6, 6.07) is 135. The van der Waals surface area contributed by atoms with Crippen molar-refractivity contribution < 1.29 is 0 Å². The number of rotatable bonds is 9. The molecule has 17 aromatic carbocycles. The normalized spacial score (nSPS) is 11.7. The van der Waals surface area contributed by atoms with Crippen molar-refractivity contribution in [2.24, 2.45) is 0 Å². The molecule has 0 radical (unpaired) electrons. The van der Waals surface area contributed by atoms with Crippen molar-refractivity contribution in [3.8, 4) is 95.5 Å². The molecule has 0 saturated carbocycles. The number of hydrogen-bond donors (Lipinski definition) is 0. The van der Waals surface area contributed by atoms with Crippen molar-refractivity contribution in [2.45, 2.75) is 0 Å². The predicted molar refractivity (Wildman–Crippen MR) is 455 cm³/mol. The van der Waals surface area contributed by atoms with Crippen molar-refractivity contribution in [3.63, 3.8) is 0 Å². The van der Waals surface area contributed by atoms with E-state index in [1.165, 1.54) is 65.3 Å². The Balaban J connectivity index is 0.000000139. The molecule has 0 N–H and O–H groups in total. The molecule has 0 atom stereocenters. The van der Waals surface area contributed by atoms with Crippen LogP contribution in [0.25, 0.3) is 215 Å². The third-order valence-electron chi connectivity index (χ3n) is 21.6. The molecule has 506 valence electrons. The Hall–Kier alpha value is -14.7. The summed E-state index contributed by atoms with van der Waals surface area (Å²) in [6.45, 7) is 0. The number of aromatic nitrogens is 7. The van der Waals surface area contributed by atoms with Crippen LogP contribution in [0, 0.1) is 0 Å². The SMILES string of the molecule is c1ccc(-c2nc3ccc4c(-c5ccc(-c6ccc(-n7c8ccccc8c8ccccc87)cc6)cc5)nc5ccccc5c4c3nc2-c2ccccc2)cc1.c1ccc(-c2nc3ccc4c(-c5ccc(-c6ccc7c8ccccc8c8ccccc8c7c6)cc5)nc5ccccc5c4c3nc2-c2ccccc2)cc1. The molecule has 7 nitrogen and oxygen atoms in total. The van der Waals surface area contributed by atoms with Crippen LogP contribution in [0.3, 0.4) is 0 Å². The summed E-state index contributed by atoms with van der Waals surface area (Å²) in [5, 5.41) is 16.6. The number of pyridine rings is 2. The van der Waals surface area contributed by atoms with E-state index in [1.807, 2.05) is 24.3 Å². The van der Waals surface area contributed by atoms with Gasteiger partial charge in [-0.3, -0.25) is 0 Å². The average molecular weight is 1390 g/mol. The first-order valence-corrected chi connectivity index (χ1v) is 37.0. The number of benzene rings is 17. The molecule has 0 bridgehead atoms. The van der Waals surface area contributed by atoms with Crippen molar-refractivity contribution in [1.29, 1.82) is 0 Å². The van der Waals surface area contributed by atoms with Gasteiger partial charge in [0.1, 0.15) is 0 Å². The van der Waals surface area contributed by atoms with Crippen LogP contribution in [0.1, 0.15) is 0 Å². The third kappa shape index (κ3) is 10.8. The second-order valence-electron chi connectivity index (χ2n) is 27.9. The van der Waals surface area contributed by atoms with Crippen LogP contribution in [0.2, 0.25) is 0 Å². The highest BCUT2D eigenvalue weighted by atomic mass is 15.0. The highest BCUT2D eigenvalue weighted by molar-refractivity contribution is 6.27. The van der Waals surface area contributed by atoms with E-state index in [0.717, 1.165) is 150 Å². The molecule has 0 spiro atoms. The Morgan fingerprint density at radius 3 is 0.844 bits per heavy atom. The molecule has 0 amide bonds. The van der Waals surface area contributed by atoms with Crippen LogP contribution < -0.4 is 0 Å². The molecule has 0 aliphatic heterocycles. The molecule has 0 aliphatic rings. The number of para-hydroxylation sites is 4. The zero-order valence-electron chi connectivity index (χ0n) is 59.0. The lowest BCUT2D eigenvalue weighted by Crippen LogP contribution is -1.98. The molecule has 0 saturated heterocycles. The topological polar surface area (TPSA) is 82.3 Å². The molecule has 5 heterocycles. The van der Waals surface area contributed by atoms with Gasteiger partial charge in [-0.15, -0.1) is 0 Å². The van der Waals surface area contributed by atoms with E-state index in [0.29, 0.717) is 0 Å². The van der Waals surface area contributed by atoms with Crippen LogP contribution in [0.4, 0.5) is 0 Å². The lowest BCUT2D eigenvalue weighted by molar-refractivity contribution is 1.18. The Bertz CT molecular complexity index is 7260. The van der Waals surface area contributed by atoms with Crippen LogP contribution in [-0.2, 0) is 0 Å². The summed E-state index contributed by atoms with van der Waals surface area (Å²) >= 11 is 0. The van der Waals surface area contributed by atoms with Gasteiger partial charge in [-0.25, -0.2) is 29.9 Å². The van der Waals surface area contributed by atoms with Gasteiger partial charge in [0.2, 0.25) is 0 Å². The largest absolute Gasteiger partial charge is 0.309 e. The number of fused-ring (bicyclic) bond motifs is 19. The first-order valence-electron chi connectivity index (χ1n) is 37.0. The van der Waals surface area contributed by atoms with E-state index in [-0.39, 0.29) is 0 Å². The van der Waals surface area contributed by atoms with Gasteiger partial charge in [0.15, 0.2) is 0 Å². The Morgan fingerprint density at radius 2 is 0.431 bits per heavy atom. The highest BCUT2D eigenvalue weighted by Crippen LogP contribution is 2.44. The summed E-state index contributed by atoms with van der Waals surface area (Å²) in [6.07, 6.45) is 0. The molecule has 22 rings (SSSR count). The van der Waals surface area contributed by atoms with Gasteiger partial charge < -0.3 is 4.57 Å². The molecule has 0 fully saturated rings. The molecule has 0 unspecified atom stereocenters. The maximum absolute atomic E-state index is 5.46. The zero-order chi connectivity index (χ0) is 71.9. The fourth-order valence-electron chi connectivity index (χ4n) is 16.5. The van der Waals surface area contributed by atoms with Gasteiger partial charge in [0, 0.05) is 82.2 Å². The molecule has 5 aromatic heterocycles. The van der Waals surface area contributed by atoms with Crippen LogP contribution in [0.5, 0.6) is 0 Å². The highest BCUT2D eigenvalue weighted by Gasteiger charge is 2.23. The first-order chi connectivity index (χ1) is 54.1. The molecule has 0 aliphatic carbocycles. The fraction of sp³-hybridized carbons (Fsp3) is 0. The predicted octanol–water partition coefficient (Wildman–Crippen LogP) is 26.6. The monoisotopic (exact) mass is 1390 g/mol. The van der Waals surface area contributed by atoms with Gasteiger partial charge in [-0.2, -0.15) is 0 Å². The molecule has 109 heavy (non-hydrogen) atoms. The zero-order valence-corrected chi connectivity index (χ0v) is 59.0. The van der Waals surface area contributed by atoms with E-state index in [1.54, 1.807) is 0 Å². The van der Waals surface area contributed by atoms with E-state index in [2.05, 4.69) is 362 Å². The molecule has 7 heteroatoms. The maximum atomic E-state index is 5.46. The fourth-order valence-corrected chi connectivity index (χ4v) is 16.5. The quantitative estimate of drug-likeness (QED) is 0.134. The van der Waals surface area contributed by atoms with Crippen molar-refractivity contribution in [3.05, 3.63) is 382 Å². The Kier molecular flexibility index (Phi) is 15.1. The molecular weight excluding hydrogens is 1320 g/mol. The van der Waals surface area contributed by atoms with Gasteiger partial charge >= 0.3 is 0 Å². The second-order valence-corrected chi connectivity index (χ2v) is 27.9. The summed E-state index contributed by atoms with van der Waals surface area (Å²) in [5.74, 6) is 0. The summed E-state index contributed by atoms with van der Waals surface area (Å²) < 4.78 is 2.35. The minimum Gasteiger partial charge on any atom is -0.309 e. The number of nitrogens with zero attached hydrogens (tertiary/aromatic N) is 7. The minimum atomic E-state index is 0.855. The number of hydrogen-bond acceptors (Lipinski definition) is 6. The van der Waals surface area contributed by atoms with Gasteiger partial charge in [-0.1, -0.05) is 315 Å².